The Bertz CT molecular complexity index is 575. The van der Waals surface area contributed by atoms with E-state index in [9.17, 15) is 8.42 Å². The Labute approximate surface area is 118 Å². The molecule has 106 valence electrons. The van der Waals surface area contributed by atoms with Gasteiger partial charge in [0, 0.05) is 36.3 Å². The van der Waals surface area contributed by atoms with Crippen LogP contribution >= 0.6 is 11.6 Å². The van der Waals surface area contributed by atoms with Crippen LogP contribution in [-0.4, -0.2) is 40.2 Å². The molecular formula is C13H18ClNO3S. The zero-order valence-corrected chi connectivity index (χ0v) is 12.5. The van der Waals surface area contributed by atoms with Gasteiger partial charge in [-0.1, -0.05) is 23.7 Å². The lowest BCUT2D eigenvalue weighted by Crippen LogP contribution is -2.28. The molecule has 0 saturated heterocycles. The molecule has 0 heterocycles. The number of hydrogen-bond donors (Lipinski definition) is 1. The molecule has 0 amide bonds. The second kappa shape index (κ2) is 5.05. The van der Waals surface area contributed by atoms with Gasteiger partial charge in [0.05, 0.1) is 11.9 Å². The molecule has 2 N–H and O–H groups in total. The van der Waals surface area contributed by atoms with Crippen molar-refractivity contribution in [1.82, 2.24) is 0 Å². The first-order valence-corrected chi connectivity index (χ1v) is 8.33. The van der Waals surface area contributed by atoms with Gasteiger partial charge in [-0.25, -0.2) is 8.42 Å². The van der Waals surface area contributed by atoms with Crippen molar-refractivity contribution in [3.05, 3.63) is 34.9 Å². The normalized spacial score (nSPS) is 30.3. The highest BCUT2D eigenvalue weighted by atomic mass is 35.5. The number of ether oxygens (including phenoxy) is 1. The highest BCUT2D eigenvalue weighted by Gasteiger charge is 2.69. The molecule has 0 aliphatic heterocycles. The van der Waals surface area contributed by atoms with E-state index in [1.54, 1.807) is 19.2 Å². The fraction of sp³-hybridized carbons (Fsp3) is 0.538. The topological polar surface area (TPSA) is 69.4 Å². The number of hydrogen-bond acceptors (Lipinski definition) is 4. The van der Waals surface area contributed by atoms with Gasteiger partial charge in [-0.15, -0.1) is 0 Å². The summed E-state index contributed by atoms with van der Waals surface area (Å²) in [6.07, 6.45) is 1.25. The van der Waals surface area contributed by atoms with Gasteiger partial charge in [0.15, 0.2) is 9.84 Å². The fourth-order valence-electron chi connectivity index (χ4n) is 3.08. The summed E-state index contributed by atoms with van der Waals surface area (Å²) in [6, 6.07) is 7.28. The van der Waals surface area contributed by atoms with Crippen LogP contribution < -0.4 is 5.73 Å². The Balaban J connectivity index is 2.44. The van der Waals surface area contributed by atoms with Crippen molar-refractivity contribution in [1.29, 1.82) is 0 Å². The van der Waals surface area contributed by atoms with Crippen LogP contribution in [0.4, 0.5) is 0 Å². The minimum absolute atomic E-state index is 0.147. The van der Waals surface area contributed by atoms with Gasteiger partial charge in [-0.2, -0.15) is 0 Å². The van der Waals surface area contributed by atoms with E-state index in [4.69, 9.17) is 22.1 Å². The van der Waals surface area contributed by atoms with Gasteiger partial charge in [0.1, 0.15) is 0 Å². The van der Waals surface area contributed by atoms with Crippen LogP contribution in [0.3, 0.4) is 0 Å². The number of methoxy groups -OCH3 is 1. The van der Waals surface area contributed by atoms with Crippen molar-refractivity contribution in [3.8, 4) is 0 Å². The predicted octanol–water partition coefficient (Wildman–Crippen LogP) is 1.44. The third-order valence-electron chi connectivity index (χ3n) is 3.84. The van der Waals surface area contributed by atoms with E-state index in [0.29, 0.717) is 11.6 Å². The summed E-state index contributed by atoms with van der Waals surface area (Å²) in [6.45, 7) is 0.605. The molecule has 1 aliphatic carbocycles. The van der Waals surface area contributed by atoms with Gasteiger partial charge in [0.25, 0.3) is 0 Å². The molecule has 1 saturated carbocycles. The number of benzene rings is 1. The van der Waals surface area contributed by atoms with E-state index in [0.717, 1.165) is 5.56 Å². The summed E-state index contributed by atoms with van der Waals surface area (Å²) < 4.78 is 29.1. The van der Waals surface area contributed by atoms with E-state index in [2.05, 4.69) is 0 Å². The lowest BCUT2D eigenvalue weighted by molar-refractivity contribution is 0.142. The van der Waals surface area contributed by atoms with Gasteiger partial charge in [-0.3, -0.25) is 0 Å². The monoisotopic (exact) mass is 303 g/mol. The maximum absolute atomic E-state index is 12.0. The van der Waals surface area contributed by atoms with Crippen molar-refractivity contribution in [2.45, 2.75) is 11.2 Å². The van der Waals surface area contributed by atoms with Gasteiger partial charge in [-0.05, 0) is 17.7 Å². The second-order valence-corrected chi connectivity index (χ2v) is 7.76. The lowest BCUT2D eigenvalue weighted by Gasteiger charge is -2.14. The molecule has 1 fully saturated rings. The molecular weight excluding hydrogens is 286 g/mol. The Kier molecular flexibility index (Phi) is 3.93. The maximum Gasteiger partial charge on any atom is 0.151 e. The van der Waals surface area contributed by atoms with Crippen molar-refractivity contribution in [2.75, 3.05) is 26.5 Å². The van der Waals surface area contributed by atoms with Crippen LogP contribution in [0.2, 0.25) is 5.02 Å². The third kappa shape index (κ3) is 2.52. The molecule has 0 radical (unpaired) electrons. The summed E-state index contributed by atoms with van der Waals surface area (Å²) in [5.74, 6) is -0.147. The SMILES string of the molecule is COC[C@]1(CN)[C@@H](c2cccc(Cl)c2)[C@@H]1S(C)(=O)=O. The van der Waals surface area contributed by atoms with Gasteiger partial charge >= 0.3 is 0 Å². The largest absolute Gasteiger partial charge is 0.384 e. The number of halogens is 1. The smallest absolute Gasteiger partial charge is 0.151 e. The van der Waals surface area contributed by atoms with Crippen LogP contribution in [-0.2, 0) is 14.6 Å². The first-order chi connectivity index (χ1) is 8.86. The van der Waals surface area contributed by atoms with E-state index < -0.39 is 20.5 Å². The standard InChI is InChI=1S/C13H18ClNO3S/c1-18-8-13(7-15)11(12(13)19(2,16)17)9-4-3-5-10(14)6-9/h3-6,11-12H,7-8,15H2,1-2H3/t11-,12-,13+/m0/s1. The number of sulfone groups is 1. The highest BCUT2D eigenvalue weighted by molar-refractivity contribution is 7.91. The van der Waals surface area contributed by atoms with Crippen molar-refractivity contribution in [3.63, 3.8) is 0 Å². The van der Waals surface area contributed by atoms with Gasteiger partial charge in [0.2, 0.25) is 0 Å². The third-order valence-corrected chi connectivity index (χ3v) is 5.74. The van der Waals surface area contributed by atoms with Crippen LogP contribution in [0.1, 0.15) is 11.5 Å². The minimum atomic E-state index is -3.18. The van der Waals surface area contributed by atoms with Crippen LogP contribution in [0.15, 0.2) is 24.3 Å². The molecule has 19 heavy (non-hydrogen) atoms. The molecule has 0 aromatic heterocycles. The Morgan fingerprint density at radius 3 is 2.63 bits per heavy atom. The molecule has 4 nitrogen and oxygen atoms in total. The Hall–Kier alpha value is -0.620. The predicted molar refractivity (Wildman–Crippen MR) is 76.2 cm³/mol. The lowest BCUT2D eigenvalue weighted by atomic mass is 10.00. The Morgan fingerprint density at radius 1 is 1.47 bits per heavy atom. The quantitative estimate of drug-likeness (QED) is 0.893. The summed E-state index contributed by atoms with van der Waals surface area (Å²) in [7, 11) is -1.63. The van der Waals surface area contributed by atoms with Crippen LogP contribution in [0.5, 0.6) is 0 Å². The van der Waals surface area contributed by atoms with Gasteiger partial charge < -0.3 is 10.5 Å². The van der Waals surface area contributed by atoms with Crippen molar-refractivity contribution < 1.29 is 13.2 Å². The molecule has 2 rings (SSSR count). The Morgan fingerprint density at radius 2 is 2.16 bits per heavy atom. The fourth-order valence-corrected chi connectivity index (χ4v) is 5.28. The molecule has 3 atom stereocenters. The summed E-state index contributed by atoms with van der Waals surface area (Å²) in [5.41, 5.74) is 6.20. The molecule has 0 unspecified atom stereocenters. The molecule has 6 heteroatoms. The first kappa shape index (κ1) is 14.8. The van der Waals surface area contributed by atoms with E-state index in [-0.39, 0.29) is 12.5 Å². The maximum atomic E-state index is 12.0. The molecule has 1 aromatic rings. The van der Waals surface area contributed by atoms with Crippen molar-refractivity contribution >= 4 is 21.4 Å². The molecule has 0 bridgehead atoms. The zero-order chi connectivity index (χ0) is 14.3. The average Bonchev–Trinajstić information content (AvgIpc) is 2.99. The number of nitrogens with two attached hydrogens (primary N) is 1. The van der Waals surface area contributed by atoms with E-state index in [1.165, 1.54) is 6.26 Å². The van der Waals surface area contributed by atoms with Crippen molar-refractivity contribution in [2.24, 2.45) is 11.1 Å². The molecule has 1 aromatic carbocycles. The molecule has 1 aliphatic rings. The number of rotatable bonds is 5. The minimum Gasteiger partial charge on any atom is -0.384 e. The average molecular weight is 304 g/mol. The summed E-state index contributed by atoms with van der Waals surface area (Å²) >= 11 is 5.98. The van der Waals surface area contributed by atoms with E-state index >= 15 is 0 Å². The summed E-state index contributed by atoms with van der Waals surface area (Å²) in [5, 5.41) is 0.100. The second-order valence-electron chi connectivity index (χ2n) is 5.15. The van der Waals surface area contributed by atoms with Crippen LogP contribution in [0.25, 0.3) is 0 Å². The van der Waals surface area contributed by atoms with E-state index in [1.807, 2.05) is 12.1 Å². The summed E-state index contributed by atoms with van der Waals surface area (Å²) in [4.78, 5) is 0. The van der Waals surface area contributed by atoms with Crippen LogP contribution in [0, 0.1) is 5.41 Å². The molecule has 0 spiro atoms. The first-order valence-electron chi connectivity index (χ1n) is 6.00. The zero-order valence-electron chi connectivity index (χ0n) is 11.0. The highest BCUT2D eigenvalue weighted by Crippen LogP contribution is 2.62.